The van der Waals surface area contributed by atoms with E-state index < -0.39 is 5.97 Å². The fraction of sp³-hybridized carbons (Fsp3) is 0.0741. The fourth-order valence-electron chi connectivity index (χ4n) is 3.40. The number of amides is 1. The van der Waals surface area contributed by atoms with E-state index in [0.717, 1.165) is 5.69 Å². The number of carbonyl (C=O) groups is 2. The number of esters is 1. The topological polar surface area (TPSA) is 91.2 Å². The van der Waals surface area contributed by atoms with Crippen LogP contribution in [0.4, 0.5) is 0 Å². The second kappa shape index (κ2) is 11.4. The van der Waals surface area contributed by atoms with Gasteiger partial charge in [-0.15, -0.1) is 0 Å². The summed E-state index contributed by atoms with van der Waals surface area (Å²) in [4.78, 5) is 25.4. The first kappa shape index (κ1) is 24.7. The number of nitrogens with zero attached hydrogens (tertiary/aromatic N) is 2. The van der Waals surface area contributed by atoms with Crippen molar-refractivity contribution in [2.45, 2.75) is 0 Å². The van der Waals surface area contributed by atoms with Gasteiger partial charge < -0.3 is 18.8 Å². The highest BCUT2D eigenvalue weighted by molar-refractivity contribution is 9.10. The van der Waals surface area contributed by atoms with Crippen LogP contribution >= 0.6 is 15.9 Å². The number of hydrazone groups is 1. The quantitative estimate of drug-likeness (QED) is 0.141. The van der Waals surface area contributed by atoms with E-state index in [1.165, 1.54) is 13.3 Å². The van der Waals surface area contributed by atoms with Crippen molar-refractivity contribution < 1.29 is 23.8 Å². The lowest BCUT2D eigenvalue weighted by Crippen LogP contribution is -2.19. The third kappa shape index (κ3) is 5.64. The monoisotopic (exact) mass is 547 g/mol. The molecule has 3 aromatic carbocycles. The van der Waals surface area contributed by atoms with Crippen LogP contribution in [0.1, 0.15) is 26.3 Å². The maximum atomic E-state index is 12.8. The molecule has 0 aliphatic rings. The Morgan fingerprint density at radius 3 is 2.36 bits per heavy atom. The fourth-order valence-corrected chi connectivity index (χ4v) is 3.94. The lowest BCUT2D eigenvalue weighted by Gasteiger charge is -2.12. The van der Waals surface area contributed by atoms with Gasteiger partial charge in [0.2, 0.25) is 0 Å². The van der Waals surface area contributed by atoms with Gasteiger partial charge >= 0.3 is 5.97 Å². The molecule has 0 radical (unpaired) electrons. The second-order valence-corrected chi connectivity index (χ2v) is 8.31. The molecule has 4 rings (SSSR count). The van der Waals surface area contributed by atoms with Crippen LogP contribution in [-0.2, 0) is 0 Å². The van der Waals surface area contributed by atoms with Crippen molar-refractivity contribution in [3.05, 3.63) is 106 Å². The molecule has 0 aliphatic carbocycles. The molecule has 0 aliphatic heterocycles. The average Bonchev–Trinajstić information content (AvgIpc) is 3.45. The van der Waals surface area contributed by atoms with E-state index >= 15 is 0 Å². The number of aromatic nitrogens is 1. The minimum absolute atomic E-state index is 0.222. The number of nitrogens with one attached hydrogen (secondary N) is 1. The van der Waals surface area contributed by atoms with Crippen LogP contribution in [0.25, 0.3) is 5.69 Å². The Balaban J connectivity index is 1.48. The van der Waals surface area contributed by atoms with E-state index in [0.29, 0.717) is 32.7 Å². The zero-order valence-corrected chi connectivity index (χ0v) is 21.1. The molecule has 36 heavy (non-hydrogen) atoms. The van der Waals surface area contributed by atoms with Gasteiger partial charge in [-0.3, -0.25) is 4.79 Å². The standard InChI is InChI=1S/C27H22BrN3O5/c1-34-20-11-9-19(10-12-20)27(33)36-25-22(28)15-18(16-24(25)35-2)17-29-30-26(32)21-7-3-4-8-23(21)31-13-5-6-14-31/h3-17H,1-2H3,(H,30,32)/b29-17-. The molecule has 0 atom stereocenters. The zero-order valence-electron chi connectivity index (χ0n) is 19.5. The Bertz CT molecular complexity index is 1400. The summed E-state index contributed by atoms with van der Waals surface area (Å²) in [5, 5.41) is 4.08. The Kier molecular flexibility index (Phi) is 7.82. The van der Waals surface area contributed by atoms with Crippen molar-refractivity contribution >= 4 is 34.0 Å². The molecule has 0 saturated carbocycles. The molecule has 0 saturated heterocycles. The molecule has 0 spiro atoms. The van der Waals surface area contributed by atoms with Gasteiger partial charge in [0.25, 0.3) is 5.91 Å². The zero-order chi connectivity index (χ0) is 25.5. The first-order valence-electron chi connectivity index (χ1n) is 10.8. The van der Waals surface area contributed by atoms with Crippen LogP contribution in [0.3, 0.4) is 0 Å². The smallest absolute Gasteiger partial charge is 0.343 e. The van der Waals surface area contributed by atoms with Gasteiger partial charge in [-0.2, -0.15) is 5.10 Å². The van der Waals surface area contributed by atoms with Crippen molar-refractivity contribution in [1.82, 2.24) is 9.99 Å². The number of ether oxygens (including phenoxy) is 3. The van der Waals surface area contributed by atoms with E-state index in [2.05, 4.69) is 26.5 Å². The number of rotatable bonds is 8. The minimum atomic E-state index is -0.549. The van der Waals surface area contributed by atoms with Crippen LogP contribution in [0.2, 0.25) is 0 Å². The molecule has 182 valence electrons. The summed E-state index contributed by atoms with van der Waals surface area (Å²) < 4.78 is 18.4. The van der Waals surface area contributed by atoms with Gasteiger partial charge in [-0.1, -0.05) is 12.1 Å². The summed E-state index contributed by atoms with van der Waals surface area (Å²) in [5.41, 5.74) is 4.74. The number of halogens is 1. The predicted molar refractivity (Wildman–Crippen MR) is 139 cm³/mol. The normalized spacial score (nSPS) is 10.8. The number of hydrogen-bond acceptors (Lipinski definition) is 6. The summed E-state index contributed by atoms with van der Waals surface area (Å²) in [6.45, 7) is 0. The van der Waals surface area contributed by atoms with Crippen molar-refractivity contribution in [2.75, 3.05) is 14.2 Å². The third-order valence-corrected chi connectivity index (χ3v) is 5.77. The average molecular weight is 548 g/mol. The van der Waals surface area contributed by atoms with E-state index in [9.17, 15) is 9.59 Å². The maximum absolute atomic E-state index is 12.8. The minimum Gasteiger partial charge on any atom is -0.497 e. The molecule has 1 amide bonds. The van der Waals surface area contributed by atoms with Crippen molar-refractivity contribution in [2.24, 2.45) is 5.10 Å². The van der Waals surface area contributed by atoms with Crippen LogP contribution < -0.4 is 19.6 Å². The largest absolute Gasteiger partial charge is 0.497 e. The van der Waals surface area contributed by atoms with Gasteiger partial charge in [0.15, 0.2) is 11.5 Å². The van der Waals surface area contributed by atoms with E-state index in [-0.39, 0.29) is 11.7 Å². The molecule has 9 heteroatoms. The first-order valence-corrected chi connectivity index (χ1v) is 11.6. The van der Waals surface area contributed by atoms with Crippen molar-refractivity contribution in [3.63, 3.8) is 0 Å². The Labute approximate surface area is 216 Å². The number of benzene rings is 3. The molecule has 0 unspecified atom stereocenters. The number of carbonyl (C=O) groups excluding carboxylic acids is 2. The van der Waals surface area contributed by atoms with Gasteiger partial charge in [0.1, 0.15) is 5.75 Å². The Hall–Kier alpha value is -4.37. The second-order valence-electron chi connectivity index (χ2n) is 7.46. The lowest BCUT2D eigenvalue weighted by atomic mass is 10.1. The number of hydrogen-bond donors (Lipinski definition) is 1. The van der Waals surface area contributed by atoms with Crippen LogP contribution in [0, 0.1) is 0 Å². The van der Waals surface area contributed by atoms with Crippen molar-refractivity contribution in [3.8, 4) is 22.9 Å². The predicted octanol–water partition coefficient (Wildman–Crippen LogP) is 5.24. The summed E-state index contributed by atoms with van der Waals surface area (Å²) in [7, 11) is 3.02. The molecule has 4 aromatic rings. The summed E-state index contributed by atoms with van der Waals surface area (Å²) >= 11 is 3.42. The molecule has 0 fully saturated rings. The van der Waals surface area contributed by atoms with E-state index in [1.54, 1.807) is 55.6 Å². The van der Waals surface area contributed by atoms with Crippen molar-refractivity contribution in [1.29, 1.82) is 0 Å². The third-order valence-electron chi connectivity index (χ3n) is 5.18. The number of para-hydroxylation sites is 1. The van der Waals surface area contributed by atoms with E-state index in [1.807, 2.05) is 41.2 Å². The Morgan fingerprint density at radius 2 is 1.67 bits per heavy atom. The van der Waals surface area contributed by atoms with Gasteiger partial charge in [0, 0.05) is 12.4 Å². The summed E-state index contributed by atoms with van der Waals surface area (Å²) in [5.74, 6) is 0.268. The first-order chi connectivity index (χ1) is 17.5. The van der Waals surface area contributed by atoms with Gasteiger partial charge in [-0.05, 0) is 82.2 Å². The maximum Gasteiger partial charge on any atom is 0.343 e. The molecule has 1 N–H and O–H groups in total. The van der Waals surface area contributed by atoms with E-state index in [4.69, 9.17) is 14.2 Å². The molecular formula is C27H22BrN3O5. The Morgan fingerprint density at radius 1 is 0.944 bits per heavy atom. The van der Waals surface area contributed by atoms with Crippen LogP contribution in [0.15, 0.2) is 94.8 Å². The molecule has 0 bridgehead atoms. The number of methoxy groups -OCH3 is 2. The highest BCUT2D eigenvalue weighted by Crippen LogP contribution is 2.37. The summed E-state index contributed by atoms with van der Waals surface area (Å²) in [6.07, 6.45) is 5.20. The summed E-state index contributed by atoms with van der Waals surface area (Å²) in [6, 6.07) is 20.9. The van der Waals surface area contributed by atoms with Gasteiger partial charge in [-0.25, -0.2) is 10.2 Å². The molecular weight excluding hydrogens is 526 g/mol. The molecule has 8 nitrogen and oxygen atoms in total. The van der Waals surface area contributed by atoms with Crippen LogP contribution in [0.5, 0.6) is 17.2 Å². The highest BCUT2D eigenvalue weighted by Gasteiger charge is 2.17. The highest BCUT2D eigenvalue weighted by atomic mass is 79.9. The van der Waals surface area contributed by atoms with Crippen LogP contribution in [-0.4, -0.2) is 36.9 Å². The lowest BCUT2D eigenvalue weighted by molar-refractivity contribution is 0.0728. The molecule has 1 aromatic heterocycles. The molecule has 1 heterocycles. The SMILES string of the molecule is COc1ccc(C(=O)Oc2c(Br)cc(/C=N\NC(=O)c3ccccc3-n3cccc3)cc2OC)cc1. The van der Waals surface area contributed by atoms with Gasteiger partial charge in [0.05, 0.1) is 41.7 Å².